The van der Waals surface area contributed by atoms with Crippen molar-refractivity contribution in [2.45, 2.75) is 19.8 Å². The van der Waals surface area contributed by atoms with Gasteiger partial charge in [-0.05, 0) is 53.1 Å². The molecule has 160 valence electrons. The monoisotopic (exact) mass is 448 g/mol. The fraction of sp³-hybridized carbons (Fsp3) is 0.107. The zero-order chi connectivity index (χ0) is 22.7. The summed E-state index contributed by atoms with van der Waals surface area (Å²) in [6.45, 7) is 4.33. The van der Waals surface area contributed by atoms with Gasteiger partial charge >= 0.3 is 0 Å². The summed E-state index contributed by atoms with van der Waals surface area (Å²) >= 11 is 1.65. The minimum Gasteiger partial charge on any atom is -0.292 e. The number of fused-ring (bicyclic) bond motifs is 3. The Bertz CT molecular complexity index is 1560. The normalized spacial score (nSPS) is 13.5. The van der Waals surface area contributed by atoms with Crippen LogP contribution in [0.25, 0.3) is 32.9 Å². The third-order valence-electron chi connectivity index (χ3n) is 6.12. The van der Waals surface area contributed by atoms with Gasteiger partial charge < -0.3 is 0 Å². The number of rotatable bonds is 3. The van der Waals surface area contributed by atoms with Crippen LogP contribution in [0.2, 0.25) is 0 Å². The first kappa shape index (κ1) is 19.8. The molecule has 2 heterocycles. The molecular formula is C28H20N2O2S. The molecule has 5 aromatic rings. The Hall–Kier alpha value is -3.83. The van der Waals surface area contributed by atoms with Gasteiger partial charge in [0.2, 0.25) is 0 Å². The molecule has 0 bridgehead atoms. The minimum absolute atomic E-state index is 0.166. The molecule has 0 fully saturated rings. The average Bonchev–Trinajstić information content (AvgIpc) is 3.45. The van der Waals surface area contributed by atoms with Gasteiger partial charge in [0, 0.05) is 21.7 Å². The number of nitrogens with zero attached hydrogens (tertiary/aromatic N) is 2. The summed E-state index contributed by atoms with van der Waals surface area (Å²) in [5, 5.41) is 1.90. The lowest BCUT2D eigenvalue weighted by molar-refractivity contribution is 0.0990. The zero-order valence-corrected chi connectivity index (χ0v) is 19.0. The standard InChI is InChI=1S/C28H20N2O2S/c1-16(2)24-15-23-28(33-24)29-25(30(23)19-10-4-3-5-11-19)14-22-26(31)20-12-17-8-6-7-9-18(17)13-21(20)27(22)32/h3-16H,1-2H3. The molecular weight excluding hydrogens is 428 g/mol. The Morgan fingerprint density at radius 1 is 0.848 bits per heavy atom. The van der Waals surface area contributed by atoms with Crippen LogP contribution in [0.4, 0.5) is 0 Å². The zero-order valence-electron chi connectivity index (χ0n) is 18.2. The maximum atomic E-state index is 13.3. The summed E-state index contributed by atoms with van der Waals surface area (Å²) in [6.07, 6.45) is 1.66. The van der Waals surface area contributed by atoms with Crippen LogP contribution >= 0.6 is 11.3 Å². The molecule has 0 radical (unpaired) electrons. The highest BCUT2D eigenvalue weighted by atomic mass is 32.1. The number of allylic oxidation sites excluding steroid dienone is 1. The van der Waals surface area contributed by atoms with Crippen LogP contribution in [-0.4, -0.2) is 21.1 Å². The number of carbonyl (C=O) groups is 2. The van der Waals surface area contributed by atoms with E-state index < -0.39 is 0 Å². The van der Waals surface area contributed by atoms with E-state index in [0.29, 0.717) is 22.9 Å². The number of ketones is 2. The maximum Gasteiger partial charge on any atom is 0.197 e. The number of carbonyl (C=O) groups excluding carboxylic acids is 2. The lowest BCUT2D eigenvalue weighted by Gasteiger charge is -2.07. The van der Waals surface area contributed by atoms with Crippen LogP contribution in [0.15, 0.2) is 78.4 Å². The van der Waals surface area contributed by atoms with Gasteiger partial charge in [-0.1, -0.05) is 56.3 Å². The Labute approximate surface area is 194 Å². The molecule has 0 amide bonds. The van der Waals surface area contributed by atoms with Crippen LogP contribution in [-0.2, 0) is 0 Å². The molecule has 5 heteroatoms. The van der Waals surface area contributed by atoms with Crippen LogP contribution in [0.3, 0.4) is 0 Å². The topological polar surface area (TPSA) is 52.0 Å². The minimum atomic E-state index is -0.241. The first-order valence-corrected chi connectivity index (χ1v) is 11.7. The smallest absolute Gasteiger partial charge is 0.197 e. The molecule has 1 aliphatic carbocycles. The van der Waals surface area contributed by atoms with Crippen molar-refractivity contribution in [3.05, 3.63) is 100 Å². The van der Waals surface area contributed by atoms with E-state index in [1.54, 1.807) is 17.4 Å². The Morgan fingerprint density at radius 2 is 1.45 bits per heavy atom. The summed E-state index contributed by atoms with van der Waals surface area (Å²) in [5.74, 6) is 0.507. The number of para-hydroxylation sites is 1. The van der Waals surface area contributed by atoms with Crippen molar-refractivity contribution in [2.75, 3.05) is 0 Å². The van der Waals surface area contributed by atoms with E-state index in [1.165, 1.54) is 4.88 Å². The van der Waals surface area contributed by atoms with Crippen LogP contribution in [0.5, 0.6) is 0 Å². The molecule has 0 saturated carbocycles. The van der Waals surface area contributed by atoms with Gasteiger partial charge in [-0.15, -0.1) is 11.3 Å². The van der Waals surface area contributed by atoms with Gasteiger partial charge in [-0.3, -0.25) is 14.2 Å². The van der Waals surface area contributed by atoms with Crippen molar-refractivity contribution in [1.82, 2.24) is 9.55 Å². The largest absolute Gasteiger partial charge is 0.292 e. The number of Topliss-reactive ketones (excluding diaryl/α,β-unsaturated/α-hetero) is 2. The third-order valence-corrected chi connectivity index (χ3v) is 7.44. The fourth-order valence-corrected chi connectivity index (χ4v) is 5.43. The molecule has 33 heavy (non-hydrogen) atoms. The molecule has 0 spiro atoms. The summed E-state index contributed by atoms with van der Waals surface area (Å²) in [5.41, 5.74) is 3.03. The summed E-state index contributed by atoms with van der Waals surface area (Å²) in [4.78, 5) is 33.5. The molecule has 0 aliphatic heterocycles. The Kier molecular flexibility index (Phi) is 4.42. The number of aromatic nitrogens is 2. The number of hydrogen-bond acceptors (Lipinski definition) is 4. The van der Waals surface area contributed by atoms with Crippen molar-refractivity contribution in [2.24, 2.45) is 0 Å². The highest BCUT2D eigenvalue weighted by molar-refractivity contribution is 7.18. The second kappa shape index (κ2) is 7.36. The second-order valence-corrected chi connectivity index (χ2v) is 9.66. The SMILES string of the molecule is CC(C)c1cc2c(nc(C=C3C(=O)c4cc5ccccc5cc4C3=O)n2-c2ccccc2)s1. The molecule has 0 atom stereocenters. The molecule has 4 nitrogen and oxygen atoms in total. The third kappa shape index (κ3) is 3.08. The maximum absolute atomic E-state index is 13.3. The van der Waals surface area contributed by atoms with Gasteiger partial charge in [0.05, 0.1) is 11.1 Å². The van der Waals surface area contributed by atoms with Crippen molar-refractivity contribution in [3.63, 3.8) is 0 Å². The van der Waals surface area contributed by atoms with Gasteiger partial charge in [-0.25, -0.2) is 4.98 Å². The van der Waals surface area contributed by atoms with E-state index in [-0.39, 0.29) is 17.1 Å². The van der Waals surface area contributed by atoms with Gasteiger partial charge in [-0.2, -0.15) is 0 Å². The van der Waals surface area contributed by atoms with Gasteiger partial charge in [0.15, 0.2) is 11.6 Å². The lowest BCUT2D eigenvalue weighted by Crippen LogP contribution is -2.03. The van der Waals surface area contributed by atoms with E-state index in [4.69, 9.17) is 4.98 Å². The molecule has 6 rings (SSSR count). The number of imidazole rings is 1. The number of benzene rings is 3. The number of thiophene rings is 1. The molecule has 1 aliphatic rings. The van der Waals surface area contributed by atoms with Gasteiger partial charge in [0.1, 0.15) is 10.7 Å². The molecule has 0 N–H and O–H groups in total. The number of hydrogen-bond donors (Lipinski definition) is 0. The first-order chi connectivity index (χ1) is 16.0. The molecule has 2 aromatic heterocycles. The molecule has 0 saturated heterocycles. The van der Waals surface area contributed by atoms with Crippen molar-refractivity contribution >= 4 is 50.1 Å². The predicted octanol–water partition coefficient (Wildman–Crippen LogP) is 6.83. The average molecular weight is 449 g/mol. The van der Waals surface area contributed by atoms with Crippen LogP contribution in [0.1, 0.15) is 51.2 Å². The van der Waals surface area contributed by atoms with E-state index in [9.17, 15) is 9.59 Å². The summed E-state index contributed by atoms with van der Waals surface area (Å²) in [7, 11) is 0. The van der Waals surface area contributed by atoms with Gasteiger partial charge in [0.25, 0.3) is 0 Å². The van der Waals surface area contributed by atoms with Crippen molar-refractivity contribution in [1.29, 1.82) is 0 Å². The van der Waals surface area contributed by atoms with Crippen LogP contribution < -0.4 is 0 Å². The van der Waals surface area contributed by atoms with E-state index in [1.807, 2.05) is 71.3 Å². The van der Waals surface area contributed by atoms with E-state index in [2.05, 4.69) is 19.9 Å². The van der Waals surface area contributed by atoms with Crippen molar-refractivity contribution in [3.8, 4) is 5.69 Å². The van der Waals surface area contributed by atoms with E-state index >= 15 is 0 Å². The predicted molar refractivity (Wildman–Crippen MR) is 134 cm³/mol. The first-order valence-electron chi connectivity index (χ1n) is 10.9. The van der Waals surface area contributed by atoms with Crippen molar-refractivity contribution < 1.29 is 9.59 Å². The Morgan fingerprint density at radius 3 is 2.06 bits per heavy atom. The second-order valence-electron chi connectivity index (χ2n) is 8.60. The Balaban J connectivity index is 1.54. The molecule has 0 unspecified atom stereocenters. The summed E-state index contributed by atoms with van der Waals surface area (Å²) < 4.78 is 2.03. The highest BCUT2D eigenvalue weighted by Crippen LogP contribution is 2.35. The molecule has 3 aromatic carbocycles. The lowest BCUT2D eigenvalue weighted by atomic mass is 10.0. The van der Waals surface area contributed by atoms with E-state index in [0.717, 1.165) is 26.8 Å². The quantitative estimate of drug-likeness (QED) is 0.225. The van der Waals surface area contributed by atoms with Crippen LogP contribution in [0, 0.1) is 0 Å². The summed E-state index contributed by atoms with van der Waals surface area (Å²) in [6, 6.07) is 23.5. The fourth-order valence-electron chi connectivity index (χ4n) is 4.41. The highest BCUT2D eigenvalue weighted by Gasteiger charge is 2.34.